The Kier molecular flexibility index (Phi) is 4.62. The number of H-pyrrole nitrogens is 1. The minimum Gasteiger partial charge on any atom is -0.507 e. The molecule has 0 radical (unpaired) electrons. The average molecular weight is 277 g/mol. The number of rotatable bonds is 6. The average Bonchev–Trinajstić information content (AvgIpc) is 2.79. The fourth-order valence-corrected chi connectivity index (χ4v) is 2.27. The molecule has 5 heteroatoms. The van der Waals surface area contributed by atoms with Gasteiger partial charge in [-0.3, -0.25) is 5.10 Å². The number of benzene rings is 1. The molecule has 4 N–H and O–H groups in total. The summed E-state index contributed by atoms with van der Waals surface area (Å²) < 4.78 is 0. The van der Waals surface area contributed by atoms with Gasteiger partial charge < -0.3 is 15.5 Å². The lowest BCUT2D eigenvalue weighted by Crippen LogP contribution is -2.34. The zero-order valence-electron chi connectivity index (χ0n) is 12.3. The molecule has 1 aromatic heterocycles. The summed E-state index contributed by atoms with van der Waals surface area (Å²) in [5, 5.41) is 31.2. The van der Waals surface area contributed by atoms with Crippen molar-refractivity contribution in [3.63, 3.8) is 0 Å². The molecule has 0 saturated carbocycles. The Balaban J connectivity index is 2.10. The largest absolute Gasteiger partial charge is 0.507 e. The second-order valence-electron chi connectivity index (χ2n) is 5.46. The van der Waals surface area contributed by atoms with Gasteiger partial charge in [-0.25, -0.2) is 0 Å². The van der Waals surface area contributed by atoms with Gasteiger partial charge in [-0.15, -0.1) is 0 Å². The molecule has 2 aromatic rings. The van der Waals surface area contributed by atoms with Gasteiger partial charge in [0.25, 0.3) is 0 Å². The first-order chi connectivity index (χ1) is 9.51. The Morgan fingerprint density at radius 1 is 1.40 bits per heavy atom. The van der Waals surface area contributed by atoms with Crippen molar-refractivity contribution in [2.24, 2.45) is 0 Å². The van der Waals surface area contributed by atoms with E-state index in [2.05, 4.69) is 29.4 Å². The highest BCUT2D eigenvalue weighted by Crippen LogP contribution is 2.28. The first-order valence-electron chi connectivity index (χ1n) is 7.09. The first-order valence-corrected chi connectivity index (χ1v) is 7.09. The maximum absolute atomic E-state index is 10.1. The summed E-state index contributed by atoms with van der Waals surface area (Å²) in [6.45, 7) is 6.64. The van der Waals surface area contributed by atoms with Crippen molar-refractivity contribution in [2.75, 3.05) is 6.54 Å². The Labute approximate surface area is 119 Å². The zero-order valence-corrected chi connectivity index (χ0v) is 12.3. The molecule has 0 fully saturated rings. The van der Waals surface area contributed by atoms with Crippen LogP contribution in [-0.2, 0) is 6.42 Å². The lowest BCUT2D eigenvalue weighted by atomic mass is 10.1. The summed E-state index contributed by atoms with van der Waals surface area (Å²) in [5.41, 5.74) is 2.47. The smallest absolute Gasteiger partial charge is 0.127 e. The minimum atomic E-state index is -0.506. The molecule has 0 aliphatic rings. The fraction of sp³-hybridized carbons (Fsp3) is 0.533. The molecule has 1 heterocycles. The summed E-state index contributed by atoms with van der Waals surface area (Å²) in [6, 6.07) is 4.02. The number of aryl methyl sites for hydroxylation is 1. The van der Waals surface area contributed by atoms with Gasteiger partial charge in [0.05, 0.1) is 17.0 Å². The van der Waals surface area contributed by atoms with E-state index in [0.29, 0.717) is 24.4 Å². The standard InChI is InChI=1S/C15H23N3O2/c1-4-10(3)16-8-11(19)7-13-15-12(17-18-13)5-9(2)6-14(15)20/h5-6,10-11,16,19-20H,4,7-8H2,1-3H3,(H,17,18). The Morgan fingerprint density at radius 2 is 2.15 bits per heavy atom. The summed E-state index contributed by atoms with van der Waals surface area (Å²) >= 11 is 0. The van der Waals surface area contributed by atoms with Crippen LogP contribution in [0.3, 0.4) is 0 Å². The van der Waals surface area contributed by atoms with Crippen LogP contribution in [0.5, 0.6) is 5.75 Å². The van der Waals surface area contributed by atoms with Crippen LogP contribution in [0.4, 0.5) is 0 Å². The van der Waals surface area contributed by atoms with Crippen molar-refractivity contribution in [3.05, 3.63) is 23.4 Å². The molecule has 0 amide bonds. The number of aliphatic hydroxyl groups is 1. The van der Waals surface area contributed by atoms with Crippen LogP contribution in [0, 0.1) is 6.92 Å². The Hall–Kier alpha value is -1.59. The number of aromatic hydroxyl groups is 1. The van der Waals surface area contributed by atoms with Crippen LogP contribution in [0.15, 0.2) is 12.1 Å². The lowest BCUT2D eigenvalue weighted by molar-refractivity contribution is 0.167. The Bertz CT molecular complexity index is 580. The number of hydrogen-bond donors (Lipinski definition) is 4. The molecule has 0 aliphatic heterocycles. The number of nitrogens with one attached hydrogen (secondary N) is 2. The molecule has 0 spiro atoms. The van der Waals surface area contributed by atoms with E-state index in [-0.39, 0.29) is 5.75 Å². The van der Waals surface area contributed by atoms with Crippen LogP contribution in [0.25, 0.3) is 10.9 Å². The number of fused-ring (bicyclic) bond motifs is 1. The Morgan fingerprint density at radius 3 is 2.85 bits per heavy atom. The van der Waals surface area contributed by atoms with E-state index in [1.54, 1.807) is 6.07 Å². The molecule has 5 nitrogen and oxygen atoms in total. The van der Waals surface area contributed by atoms with E-state index in [1.807, 2.05) is 13.0 Å². The van der Waals surface area contributed by atoms with Crippen molar-refractivity contribution in [1.82, 2.24) is 15.5 Å². The summed E-state index contributed by atoms with van der Waals surface area (Å²) in [7, 11) is 0. The quantitative estimate of drug-likeness (QED) is 0.650. The third-order valence-electron chi connectivity index (χ3n) is 3.61. The maximum Gasteiger partial charge on any atom is 0.127 e. The van der Waals surface area contributed by atoms with Crippen LogP contribution < -0.4 is 5.32 Å². The molecule has 0 bridgehead atoms. The monoisotopic (exact) mass is 277 g/mol. The third-order valence-corrected chi connectivity index (χ3v) is 3.61. The van der Waals surface area contributed by atoms with E-state index >= 15 is 0 Å². The zero-order chi connectivity index (χ0) is 14.7. The van der Waals surface area contributed by atoms with Gasteiger partial charge in [-0.2, -0.15) is 5.10 Å². The molecule has 2 rings (SSSR count). The molecule has 1 aromatic carbocycles. The number of aliphatic hydroxyl groups excluding tert-OH is 1. The summed E-state index contributed by atoms with van der Waals surface area (Å²) in [5.74, 6) is 0.214. The summed E-state index contributed by atoms with van der Waals surface area (Å²) in [4.78, 5) is 0. The second-order valence-corrected chi connectivity index (χ2v) is 5.46. The molecule has 110 valence electrons. The SMILES string of the molecule is CCC(C)NCC(O)Cc1[nH]nc2cc(C)cc(O)c12. The highest BCUT2D eigenvalue weighted by atomic mass is 16.3. The molecule has 20 heavy (non-hydrogen) atoms. The summed E-state index contributed by atoms with van der Waals surface area (Å²) in [6.07, 6.45) is 0.962. The minimum absolute atomic E-state index is 0.214. The van der Waals surface area contributed by atoms with Crippen LogP contribution in [0.2, 0.25) is 0 Å². The van der Waals surface area contributed by atoms with Gasteiger partial charge >= 0.3 is 0 Å². The van der Waals surface area contributed by atoms with Crippen molar-refractivity contribution in [1.29, 1.82) is 0 Å². The number of phenols is 1. The van der Waals surface area contributed by atoms with E-state index < -0.39 is 6.10 Å². The number of phenolic OH excluding ortho intramolecular Hbond substituents is 1. The number of nitrogens with zero attached hydrogens (tertiary/aromatic N) is 1. The molecule has 0 saturated heterocycles. The maximum atomic E-state index is 10.1. The highest BCUT2D eigenvalue weighted by molar-refractivity contribution is 5.88. The van der Waals surface area contributed by atoms with Gasteiger partial charge in [-0.1, -0.05) is 6.92 Å². The molecule has 2 unspecified atom stereocenters. The van der Waals surface area contributed by atoms with Crippen molar-refractivity contribution in [3.8, 4) is 5.75 Å². The molecule has 0 aliphatic carbocycles. The number of hydrogen-bond acceptors (Lipinski definition) is 4. The topological polar surface area (TPSA) is 81.2 Å². The number of aromatic amines is 1. The predicted molar refractivity (Wildman–Crippen MR) is 80.0 cm³/mol. The van der Waals surface area contributed by atoms with E-state index in [0.717, 1.165) is 23.2 Å². The highest BCUT2D eigenvalue weighted by Gasteiger charge is 2.14. The van der Waals surface area contributed by atoms with Crippen LogP contribution in [0.1, 0.15) is 31.5 Å². The van der Waals surface area contributed by atoms with E-state index in [1.165, 1.54) is 0 Å². The van der Waals surface area contributed by atoms with E-state index in [4.69, 9.17) is 0 Å². The van der Waals surface area contributed by atoms with Crippen molar-refractivity contribution in [2.45, 2.75) is 45.8 Å². The van der Waals surface area contributed by atoms with Gasteiger partial charge in [0, 0.05) is 24.7 Å². The van der Waals surface area contributed by atoms with Crippen molar-refractivity contribution >= 4 is 10.9 Å². The van der Waals surface area contributed by atoms with Gasteiger partial charge in [0.15, 0.2) is 0 Å². The number of aromatic nitrogens is 2. The molecular formula is C15H23N3O2. The fourth-order valence-electron chi connectivity index (χ4n) is 2.27. The van der Waals surface area contributed by atoms with Gasteiger partial charge in [-0.05, 0) is 38.0 Å². The van der Waals surface area contributed by atoms with E-state index in [9.17, 15) is 10.2 Å². The molecule has 2 atom stereocenters. The third kappa shape index (κ3) is 3.29. The first kappa shape index (κ1) is 14.8. The predicted octanol–water partition coefficient (Wildman–Crippen LogP) is 1.87. The van der Waals surface area contributed by atoms with Gasteiger partial charge in [0.1, 0.15) is 5.75 Å². The molecular weight excluding hydrogens is 254 g/mol. The van der Waals surface area contributed by atoms with Crippen molar-refractivity contribution < 1.29 is 10.2 Å². The van der Waals surface area contributed by atoms with Gasteiger partial charge in [0.2, 0.25) is 0 Å². The second kappa shape index (κ2) is 6.24. The van der Waals surface area contributed by atoms with Crippen LogP contribution >= 0.6 is 0 Å². The van der Waals surface area contributed by atoms with Crippen LogP contribution in [-0.4, -0.2) is 39.1 Å². The lowest BCUT2D eigenvalue weighted by Gasteiger charge is -2.15. The normalized spacial score (nSPS) is 14.6.